The number of Topliss-reactive ketones (excluding diaryl/α,β-unsaturated/α-hetero) is 1. The number of ketones is 1. The van der Waals surface area contributed by atoms with Crippen LogP contribution in [0.15, 0.2) is 6.07 Å². The molecular weight excluding hydrogens is 212 g/mol. The van der Waals surface area contributed by atoms with E-state index in [1.807, 2.05) is 6.07 Å². The van der Waals surface area contributed by atoms with Gasteiger partial charge in [-0.05, 0) is 19.2 Å². The Balaban J connectivity index is 2.81. The van der Waals surface area contributed by atoms with Crippen LogP contribution < -0.4 is 0 Å². The van der Waals surface area contributed by atoms with Crippen LogP contribution in [0, 0.1) is 0 Å². The summed E-state index contributed by atoms with van der Waals surface area (Å²) >= 11 is 6.01. The third-order valence-electron chi connectivity index (χ3n) is 2.51. The summed E-state index contributed by atoms with van der Waals surface area (Å²) < 4.78 is 0. The van der Waals surface area contributed by atoms with Crippen LogP contribution in [-0.4, -0.2) is 28.8 Å². The van der Waals surface area contributed by atoms with Crippen molar-refractivity contribution in [2.24, 2.45) is 0 Å². The summed E-state index contributed by atoms with van der Waals surface area (Å²) in [6.45, 7) is 8.49. The maximum absolute atomic E-state index is 11.1. The first-order valence-electron chi connectivity index (χ1n) is 5.19. The molecule has 3 nitrogen and oxygen atoms in total. The van der Waals surface area contributed by atoms with Gasteiger partial charge in [0, 0.05) is 19.0 Å². The predicted octanol–water partition coefficient (Wildman–Crippen LogP) is 2.71. The van der Waals surface area contributed by atoms with Gasteiger partial charge in [-0.15, -0.1) is 0 Å². The zero-order valence-corrected chi connectivity index (χ0v) is 10.2. The zero-order valence-electron chi connectivity index (χ0n) is 9.43. The summed E-state index contributed by atoms with van der Waals surface area (Å²) in [5, 5.41) is 0.576. The number of halogens is 1. The van der Waals surface area contributed by atoms with Crippen molar-refractivity contribution in [1.29, 1.82) is 0 Å². The molecule has 1 heterocycles. The summed E-state index contributed by atoms with van der Waals surface area (Å²) in [6.07, 6.45) is 0. The van der Waals surface area contributed by atoms with E-state index >= 15 is 0 Å². The number of hydrogen-bond acceptors (Lipinski definition) is 2. The molecule has 0 aromatic carbocycles. The highest BCUT2D eigenvalue weighted by Crippen LogP contribution is 2.18. The normalized spacial score (nSPS) is 11.0. The third kappa shape index (κ3) is 3.08. The van der Waals surface area contributed by atoms with Crippen LogP contribution in [0.1, 0.15) is 36.8 Å². The molecule has 84 valence electrons. The van der Waals surface area contributed by atoms with E-state index in [1.54, 1.807) is 0 Å². The zero-order chi connectivity index (χ0) is 11.4. The minimum Gasteiger partial charge on any atom is -0.343 e. The van der Waals surface area contributed by atoms with Gasteiger partial charge in [-0.25, -0.2) is 0 Å². The lowest BCUT2D eigenvalue weighted by Crippen LogP contribution is -2.21. The smallest absolute Gasteiger partial charge is 0.175 e. The van der Waals surface area contributed by atoms with E-state index in [0.717, 1.165) is 25.2 Å². The van der Waals surface area contributed by atoms with E-state index in [-0.39, 0.29) is 5.78 Å². The van der Waals surface area contributed by atoms with Gasteiger partial charge in [0.2, 0.25) is 0 Å². The van der Waals surface area contributed by atoms with Crippen molar-refractivity contribution in [2.75, 3.05) is 13.1 Å². The highest BCUT2D eigenvalue weighted by Gasteiger charge is 2.11. The molecule has 0 spiro atoms. The van der Waals surface area contributed by atoms with Crippen LogP contribution in [-0.2, 0) is 6.54 Å². The second-order valence-corrected chi connectivity index (χ2v) is 3.92. The quantitative estimate of drug-likeness (QED) is 0.787. The number of nitrogens with one attached hydrogen (secondary N) is 1. The Bertz CT molecular complexity index is 342. The average molecular weight is 229 g/mol. The molecule has 0 fully saturated rings. The first kappa shape index (κ1) is 12.3. The topological polar surface area (TPSA) is 36.1 Å². The van der Waals surface area contributed by atoms with Gasteiger partial charge in [0.15, 0.2) is 5.78 Å². The number of aromatic nitrogens is 1. The SMILES string of the molecule is CCN(CC)Cc1cc(C(C)=O)[nH]c1Cl. The van der Waals surface area contributed by atoms with Gasteiger partial charge in [-0.1, -0.05) is 25.4 Å². The maximum atomic E-state index is 11.1. The van der Waals surface area contributed by atoms with Gasteiger partial charge < -0.3 is 4.98 Å². The number of nitrogens with zero attached hydrogens (tertiary/aromatic N) is 1. The minimum atomic E-state index is 0.0164. The van der Waals surface area contributed by atoms with Crippen molar-refractivity contribution in [3.05, 3.63) is 22.5 Å². The van der Waals surface area contributed by atoms with Crippen LogP contribution in [0.2, 0.25) is 5.15 Å². The molecule has 0 aliphatic carbocycles. The molecule has 0 saturated heterocycles. The number of H-pyrrole nitrogens is 1. The molecule has 1 aromatic rings. The van der Waals surface area contributed by atoms with E-state index in [0.29, 0.717) is 10.8 Å². The van der Waals surface area contributed by atoms with Gasteiger partial charge in [0.25, 0.3) is 0 Å². The Kier molecular flexibility index (Phi) is 4.36. The molecule has 4 heteroatoms. The number of hydrogen-bond donors (Lipinski definition) is 1. The number of carbonyl (C=O) groups excluding carboxylic acids is 1. The molecule has 1 aromatic heterocycles. The molecule has 0 bridgehead atoms. The monoisotopic (exact) mass is 228 g/mol. The van der Waals surface area contributed by atoms with Crippen molar-refractivity contribution in [3.8, 4) is 0 Å². The molecule has 0 aliphatic heterocycles. The lowest BCUT2D eigenvalue weighted by molar-refractivity contribution is 0.101. The highest BCUT2D eigenvalue weighted by molar-refractivity contribution is 6.30. The molecule has 0 unspecified atom stereocenters. The molecule has 0 aliphatic rings. The van der Waals surface area contributed by atoms with Crippen LogP contribution in [0.3, 0.4) is 0 Å². The standard InChI is InChI=1S/C11H17ClN2O/c1-4-14(5-2)7-9-6-10(8(3)15)13-11(9)12/h6,13H,4-5,7H2,1-3H3. The van der Waals surface area contributed by atoms with Crippen molar-refractivity contribution in [2.45, 2.75) is 27.3 Å². The van der Waals surface area contributed by atoms with Gasteiger partial charge in [-0.3, -0.25) is 9.69 Å². The van der Waals surface area contributed by atoms with Crippen molar-refractivity contribution >= 4 is 17.4 Å². The molecule has 0 atom stereocenters. The number of carbonyl (C=O) groups is 1. The van der Waals surface area contributed by atoms with Gasteiger partial charge in [0.1, 0.15) is 5.15 Å². The van der Waals surface area contributed by atoms with E-state index in [2.05, 4.69) is 23.7 Å². The first-order valence-corrected chi connectivity index (χ1v) is 5.56. The van der Waals surface area contributed by atoms with Crippen LogP contribution in [0.5, 0.6) is 0 Å². The van der Waals surface area contributed by atoms with Crippen LogP contribution >= 0.6 is 11.6 Å². The van der Waals surface area contributed by atoms with Crippen LogP contribution in [0.4, 0.5) is 0 Å². The Morgan fingerprint density at radius 2 is 2.07 bits per heavy atom. The molecule has 1 rings (SSSR count). The van der Waals surface area contributed by atoms with E-state index < -0.39 is 0 Å². The summed E-state index contributed by atoms with van der Waals surface area (Å²) in [4.78, 5) is 16.3. The molecule has 15 heavy (non-hydrogen) atoms. The first-order chi connectivity index (χ1) is 7.08. The molecular formula is C11H17ClN2O. The van der Waals surface area contributed by atoms with E-state index in [4.69, 9.17) is 11.6 Å². The lowest BCUT2D eigenvalue weighted by atomic mass is 10.2. The molecule has 1 N–H and O–H groups in total. The lowest BCUT2D eigenvalue weighted by Gasteiger charge is -2.16. The average Bonchev–Trinajstić information content (AvgIpc) is 2.56. The van der Waals surface area contributed by atoms with Crippen molar-refractivity contribution < 1.29 is 4.79 Å². The summed E-state index contributed by atoms with van der Waals surface area (Å²) in [5.41, 5.74) is 1.58. The largest absolute Gasteiger partial charge is 0.343 e. The summed E-state index contributed by atoms with van der Waals surface area (Å²) in [7, 11) is 0. The fraction of sp³-hybridized carbons (Fsp3) is 0.545. The van der Waals surface area contributed by atoms with Gasteiger partial charge in [0.05, 0.1) is 5.69 Å². The van der Waals surface area contributed by atoms with Crippen molar-refractivity contribution in [3.63, 3.8) is 0 Å². The Morgan fingerprint density at radius 1 is 1.47 bits per heavy atom. The second kappa shape index (κ2) is 5.33. The maximum Gasteiger partial charge on any atom is 0.175 e. The Labute approximate surface area is 95.4 Å². The summed E-state index contributed by atoms with van der Waals surface area (Å²) in [6, 6.07) is 1.84. The molecule has 0 saturated carbocycles. The highest BCUT2D eigenvalue weighted by atomic mass is 35.5. The van der Waals surface area contributed by atoms with E-state index in [1.165, 1.54) is 6.92 Å². The minimum absolute atomic E-state index is 0.0164. The van der Waals surface area contributed by atoms with Gasteiger partial charge in [-0.2, -0.15) is 0 Å². The summed E-state index contributed by atoms with van der Waals surface area (Å²) in [5.74, 6) is 0.0164. The van der Waals surface area contributed by atoms with E-state index in [9.17, 15) is 4.79 Å². The molecule has 0 amide bonds. The van der Waals surface area contributed by atoms with Gasteiger partial charge >= 0.3 is 0 Å². The fourth-order valence-corrected chi connectivity index (χ4v) is 1.68. The Hall–Kier alpha value is -0.800. The Morgan fingerprint density at radius 3 is 2.47 bits per heavy atom. The third-order valence-corrected chi connectivity index (χ3v) is 2.85. The van der Waals surface area contributed by atoms with Crippen molar-refractivity contribution in [1.82, 2.24) is 9.88 Å². The second-order valence-electron chi connectivity index (χ2n) is 3.54. The fourth-order valence-electron chi connectivity index (χ4n) is 1.47. The number of aromatic amines is 1. The van der Waals surface area contributed by atoms with Crippen LogP contribution in [0.25, 0.3) is 0 Å². The predicted molar refractivity (Wildman–Crippen MR) is 62.4 cm³/mol. The number of rotatable bonds is 5. The molecule has 0 radical (unpaired) electrons.